The van der Waals surface area contributed by atoms with Crippen LogP contribution in [-0.4, -0.2) is 29.2 Å². The van der Waals surface area contributed by atoms with Crippen LogP contribution < -0.4 is 14.2 Å². The van der Waals surface area contributed by atoms with Crippen molar-refractivity contribution in [2.24, 2.45) is 0 Å². The summed E-state index contributed by atoms with van der Waals surface area (Å²) in [4.78, 5) is -0.564. The zero-order chi connectivity index (χ0) is 20.9. The third-order valence-electron chi connectivity index (χ3n) is 3.72. The molecule has 0 N–H and O–H groups in total. The molecule has 2 aromatic rings. The van der Waals surface area contributed by atoms with Gasteiger partial charge in [0.15, 0.2) is 11.5 Å². The Hall–Kier alpha value is -3.12. The third kappa shape index (κ3) is 4.58. The van der Waals surface area contributed by atoms with Crippen molar-refractivity contribution >= 4 is 15.9 Å². The molecule has 0 atom stereocenters. The van der Waals surface area contributed by atoms with Crippen molar-refractivity contribution in [3.63, 3.8) is 0 Å². The lowest BCUT2D eigenvalue weighted by atomic mass is 10.1. The summed E-state index contributed by atoms with van der Waals surface area (Å²) in [6.45, 7) is -1.31. The molecule has 6 nitrogen and oxygen atoms in total. The van der Waals surface area contributed by atoms with Crippen LogP contribution in [0.25, 0.3) is 6.08 Å². The normalized spacial score (nSPS) is 11.8. The van der Waals surface area contributed by atoms with Crippen LogP contribution in [0.1, 0.15) is 11.1 Å². The van der Waals surface area contributed by atoms with Crippen LogP contribution in [-0.2, 0) is 9.84 Å². The first-order valence-electron chi connectivity index (χ1n) is 7.87. The number of nitrogens with zero attached hydrogens (tertiary/aromatic N) is 1. The number of alkyl halides is 2. The molecule has 0 amide bonds. The van der Waals surface area contributed by atoms with Crippen molar-refractivity contribution in [2.75, 3.05) is 14.2 Å². The van der Waals surface area contributed by atoms with Crippen LogP contribution in [0.3, 0.4) is 0 Å². The van der Waals surface area contributed by atoms with Gasteiger partial charge in [-0.1, -0.05) is 17.7 Å². The predicted molar refractivity (Wildman–Crippen MR) is 98.1 cm³/mol. The number of benzene rings is 2. The molecule has 0 spiro atoms. The summed E-state index contributed by atoms with van der Waals surface area (Å²) >= 11 is 0. The fraction of sp³-hybridized carbons (Fsp3) is 0.211. The number of allylic oxidation sites excluding steroid dienone is 1. The second kappa shape index (κ2) is 8.71. The predicted octanol–water partition coefficient (Wildman–Crippen LogP) is 3.95. The average Bonchev–Trinajstić information content (AvgIpc) is 2.66. The maximum absolute atomic E-state index is 12.7. The van der Waals surface area contributed by atoms with Crippen molar-refractivity contribution in [1.29, 1.82) is 5.26 Å². The van der Waals surface area contributed by atoms with Gasteiger partial charge in [-0.3, -0.25) is 0 Å². The van der Waals surface area contributed by atoms with Crippen LogP contribution in [0, 0.1) is 18.3 Å². The zero-order valence-corrected chi connectivity index (χ0v) is 16.1. The minimum atomic E-state index is -4.07. The van der Waals surface area contributed by atoms with Gasteiger partial charge in [-0.2, -0.15) is 14.0 Å². The van der Waals surface area contributed by atoms with Gasteiger partial charge in [-0.15, -0.1) is 0 Å². The number of hydrogen-bond acceptors (Lipinski definition) is 6. The van der Waals surface area contributed by atoms with Crippen molar-refractivity contribution in [3.05, 3.63) is 52.4 Å². The lowest BCUT2D eigenvalue weighted by Gasteiger charge is -2.14. The molecule has 28 heavy (non-hydrogen) atoms. The van der Waals surface area contributed by atoms with Crippen LogP contribution >= 0.6 is 0 Å². The Balaban J connectivity index is 2.58. The Morgan fingerprint density at radius 1 is 1.11 bits per heavy atom. The minimum Gasteiger partial charge on any atom is -0.493 e. The Bertz CT molecular complexity index is 1000. The molecule has 0 fully saturated rings. The van der Waals surface area contributed by atoms with E-state index in [1.165, 1.54) is 38.5 Å². The molecule has 0 aliphatic heterocycles. The van der Waals surface area contributed by atoms with Gasteiger partial charge in [0, 0.05) is 0 Å². The number of sulfone groups is 1. The Morgan fingerprint density at radius 2 is 1.64 bits per heavy atom. The minimum absolute atomic E-state index is 0.0394. The van der Waals surface area contributed by atoms with E-state index in [-0.39, 0.29) is 27.7 Å². The molecule has 0 aliphatic carbocycles. The summed E-state index contributed by atoms with van der Waals surface area (Å²) in [5.74, 6) is -0.538. The van der Waals surface area contributed by atoms with Crippen molar-refractivity contribution in [1.82, 2.24) is 0 Å². The fourth-order valence-corrected chi connectivity index (χ4v) is 3.51. The fourth-order valence-electron chi connectivity index (χ4n) is 2.35. The summed E-state index contributed by atoms with van der Waals surface area (Å²) in [5.41, 5.74) is 1.06. The van der Waals surface area contributed by atoms with Gasteiger partial charge in [0.05, 0.1) is 19.1 Å². The standard InChI is InChI=1S/C19H17F2NO5S/c1-12-4-6-14(7-5-12)28(23,24)15(11-22)8-13-9-16(25-2)18(27-19(20)21)17(10-13)26-3/h4-10,19H,1-3H3/b15-8+. The van der Waals surface area contributed by atoms with E-state index in [2.05, 4.69) is 4.74 Å². The Kier molecular flexibility index (Phi) is 6.59. The third-order valence-corrected chi connectivity index (χ3v) is 5.40. The van der Waals surface area contributed by atoms with Gasteiger partial charge in [0.1, 0.15) is 11.0 Å². The van der Waals surface area contributed by atoms with Crippen LogP contribution in [0.2, 0.25) is 0 Å². The van der Waals surface area contributed by atoms with Gasteiger partial charge in [-0.05, 0) is 42.8 Å². The summed E-state index contributed by atoms with van der Waals surface area (Å²) in [5, 5.41) is 9.38. The van der Waals surface area contributed by atoms with Crippen LogP contribution in [0.15, 0.2) is 46.2 Å². The van der Waals surface area contributed by atoms with Gasteiger partial charge >= 0.3 is 6.61 Å². The van der Waals surface area contributed by atoms with E-state index in [1.54, 1.807) is 25.1 Å². The second-order valence-electron chi connectivity index (χ2n) is 5.57. The van der Waals surface area contributed by atoms with E-state index >= 15 is 0 Å². The average molecular weight is 409 g/mol. The smallest absolute Gasteiger partial charge is 0.387 e. The molecule has 0 aliphatic rings. The number of methoxy groups -OCH3 is 2. The highest BCUT2D eigenvalue weighted by Gasteiger charge is 2.22. The first-order valence-corrected chi connectivity index (χ1v) is 9.35. The van der Waals surface area contributed by atoms with E-state index in [1.807, 2.05) is 0 Å². The molecule has 0 heterocycles. The van der Waals surface area contributed by atoms with E-state index in [9.17, 15) is 22.5 Å². The van der Waals surface area contributed by atoms with Gasteiger partial charge in [0.25, 0.3) is 0 Å². The molecule has 0 saturated carbocycles. The SMILES string of the molecule is COc1cc(/C=C(\C#N)S(=O)(=O)c2ccc(C)cc2)cc(OC)c1OC(F)F. The van der Waals surface area contributed by atoms with Crippen molar-refractivity contribution in [2.45, 2.75) is 18.4 Å². The number of nitriles is 1. The highest BCUT2D eigenvalue weighted by atomic mass is 32.2. The summed E-state index contributed by atoms with van der Waals surface area (Å²) in [6.07, 6.45) is 1.10. The molecule has 2 rings (SSSR count). The molecule has 2 aromatic carbocycles. The monoisotopic (exact) mass is 409 g/mol. The highest BCUT2D eigenvalue weighted by Crippen LogP contribution is 2.40. The first kappa shape index (κ1) is 21.2. The van der Waals surface area contributed by atoms with E-state index in [4.69, 9.17) is 9.47 Å². The number of rotatable bonds is 7. The summed E-state index contributed by atoms with van der Waals surface area (Å²) < 4.78 is 65.2. The number of halogens is 2. The Labute approximate surface area is 161 Å². The van der Waals surface area contributed by atoms with E-state index in [0.717, 1.165) is 11.6 Å². The largest absolute Gasteiger partial charge is 0.493 e. The van der Waals surface area contributed by atoms with Crippen molar-refractivity contribution < 1.29 is 31.4 Å². The number of hydrogen-bond donors (Lipinski definition) is 0. The second-order valence-corrected chi connectivity index (χ2v) is 7.49. The van der Waals surface area contributed by atoms with Crippen LogP contribution in [0.4, 0.5) is 8.78 Å². The lowest BCUT2D eigenvalue weighted by Crippen LogP contribution is -2.06. The number of aryl methyl sites for hydroxylation is 1. The zero-order valence-electron chi connectivity index (χ0n) is 15.3. The summed E-state index contributed by atoms with van der Waals surface area (Å²) in [6, 6.07) is 10.2. The molecule has 0 radical (unpaired) electrons. The van der Waals surface area contributed by atoms with Crippen molar-refractivity contribution in [3.8, 4) is 23.3 Å². The lowest BCUT2D eigenvalue weighted by molar-refractivity contribution is -0.0526. The molecular weight excluding hydrogens is 392 g/mol. The van der Waals surface area contributed by atoms with E-state index < -0.39 is 21.4 Å². The van der Waals surface area contributed by atoms with Gasteiger partial charge < -0.3 is 14.2 Å². The topological polar surface area (TPSA) is 85.6 Å². The maximum atomic E-state index is 12.7. The summed E-state index contributed by atoms with van der Waals surface area (Å²) in [7, 11) is -1.61. The molecule has 148 valence electrons. The van der Waals surface area contributed by atoms with E-state index in [0.29, 0.717) is 0 Å². The molecule has 0 unspecified atom stereocenters. The van der Waals surface area contributed by atoms with Crippen LogP contribution in [0.5, 0.6) is 17.2 Å². The van der Waals surface area contributed by atoms with Gasteiger partial charge in [-0.25, -0.2) is 8.42 Å². The highest BCUT2D eigenvalue weighted by molar-refractivity contribution is 7.95. The Morgan fingerprint density at radius 3 is 2.07 bits per heavy atom. The first-order chi connectivity index (χ1) is 13.2. The quantitative estimate of drug-likeness (QED) is 0.644. The molecular formula is C19H17F2NO5S. The molecule has 0 aromatic heterocycles. The molecule has 9 heteroatoms. The van der Waals surface area contributed by atoms with Gasteiger partial charge in [0.2, 0.25) is 15.6 Å². The molecule has 0 bridgehead atoms. The maximum Gasteiger partial charge on any atom is 0.387 e. The number of ether oxygens (including phenoxy) is 3. The molecule has 0 saturated heterocycles.